The molecule has 0 atom stereocenters. The Bertz CT molecular complexity index is 3510. The Hall–Kier alpha value is -7.62. The molecule has 1 aliphatic carbocycles. The molecule has 0 saturated heterocycles. The zero-order valence-corrected chi connectivity index (χ0v) is 34.4. The molecule has 0 amide bonds. The largest absolute Gasteiger partial charge is 0.456 e. The van der Waals surface area contributed by atoms with Gasteiger partial charge in [-0.15, -0.1) is 0 Å². The average Bonchev–Trinajstić information content (AvgIpc) is 3.91. The number of anilines is 3. The lowest BCUT2D eigenvalue weighted by Crippen LogP contribution is -2.15. The minimum absolute atomic E-state index is 0.0764. The summed E-state index contributed by atoms with van der Waals surface area (Å²) in [5.74, 6) is 0. The summed E-state index contributed by atoms with van der Waals surface area (Å²) in [5, 5.41) is 4.70. The van der Waals surface area contributed by atoms with E-state index in [2.05, 4.69) is 218 Å². The van der Waals surface area contributed by atoms with E-state index >= 15 is 0 Å². The summed E-state index contributed by atoms with van der Waals surface area (Å²) in [7, 11) is 0. The summed E-state index contributed by atoms with van der Waals surface area (Å²) in [5.41, 5.74) is 19.8. The van der Waals surface area contributed by atoms with Crippen molar-refractivity contribution < 1.29 is 4.42 Å². The minimum atomic E-state index is -0.0764. The SMILES string of the molecule is Cc1cccc(-c2ccc3oc4ccccc4c3c2)c1-n1c2ccccc2c2ccc(N(c3ccc(-c4ccccc4)cc3)c3ccc4c(c3)-c3ccccc3C4(C)C)cc21. The first kappa shape index (κ1) is 35.3. The average molecular weight is 783 g/mol. The molecule has 0 fully saturated rings. The molecule has 0 saturated carbocycles. The Balaban J connectivity index is 1.08. The molecule has 12 rings (SSSR count). The van der Waals surface area contributed by atoms with Crippen molar-refractivity contribution in [3.05, 3.63) is 217 Å². The molecule has 0 aliphatic heterocycles. The maximum atomic E-state index is 6.26. The van der Waals surface area contributed by atoms with Gasteiger partial charge in [0.15, 0.2) is 0 Å². The van der Waals surface area contributed by atoms with Crippen molar-refractivity contribution in [2.45, 2.75) is 26.2 Å². The van der Waals surface area contributed by atoms with Gasteiger partial charge in [0.05, 0.1) is 16.7 Å². The zero-order chi connectivity index (χ0) is 40.8. The number of para-hydroxylation sites is 3. The molecule has 61 heavy (non-hydrogen) atoms. The van der Waals surface area contributed by atoms with E-state index in [1.807, 2.05) is 12.1 Å². The summed E-state index contributed by atoms with van der Waals surface area (Å²) in [4.78, 5) is 2.43. The number of nitrogens with zero attached hydrogens (tertiary/aromatic N) is 2. The Morgan fingerprint density at radius 3 is 1.90 bits per heavy atom. The van der Waals surface area contributed by atoms with Crippen LogP contribution in [0.5, 0.6) is 0 Å². The van der Waals surface area contributed by atoms with E-state index in [9.17, 15) is 0 Å². The molecule has 3 heteroatoms. The van der Waals surface area contributed by atoms with Crippen molar-refractivity contribution in [3.8, 4) is 39.1 Å². The van der Waals surface area contributed by atoms with Gasteiger partial charge in [-0.1, -0.05) is 153 Å². The summed E-state index contributed by atoms with van der Waals surface area (Å²) < 4.78 is 8.76. The van der Waals surface area contributed by atoms with Crippen LogP contribution in [0, 0.1) is 6.92 Å². The molecular formula is C58H42N2O. The van der Waals surface area contributed by atoms with Gasteiger partial charge in [-0.2, -0.15) is 0 Å². The second-order valence-electron chi connectivity index (χ2n) is 17.0. The number of benzene rings is 9. The van der Waals surface area contributed by atoms with Crippen LogP contribution in [-0.4, -0.2) is 4.57 Å². The predicted octanol–water partition coefficient (Wildman–Crippen LogP) is 16.1. The van der Waals surface area contributed by atoms with Gasteiger partial charge in [0, 0.05) is 49.6 Å². The molecule has 2 heterocycles. The van der Waals surface area contributed by atoms with Gasteiger partial charge in [0.2, 0.25) is 0 Å². The number of aryl methyl sites for hydroxylation is 1. The van der Waals surface area contributed by atoms with Crippen LogP contribution in [0.15, 0.2) is 205 Å². The lowest BCUT2D eigenvalue weighted by molar-refractivity contribution is 0.660. The molecule has 3 nitrogen and oxygen atoms in total. The first-order valence-electron chi connectivity index (χ1n) is 21.2. The van der Waals surface area contributed by atoms with Crippen LogP contribution in [0.1, 0.15) is 30.5 Å². The van der Waals surface area contributed by atoms with Crippen LogP contribution < -0.4 is 4.90 Å². The van der Waals surface area contributed by atoms with E-state index in [4.69, 9.17) is 4.42 Å². The summed E-state index contributed by atoms with van der Waals surface area (Å²) in [6, 6.07) is 73.1. The van der Waals surface area contributed by atoms with E-state index in [0.717, 1.165) is 50.1 Å². The van der Waals surface area contributed by atoms with E-state index in [1.54, 1.807) is 0 Å². The van der Waals surface area contributed by atoms with Crippen LogP contribution in [-0.2, 0) is 5.41 Å². The highest BCUT2D eigenvalue weighted by atomic mass is 16.3. The molecule has 1 aliphatic rings. The Morgan fingerprint density at radius 1 is 0.410 bits per heavy atom. The molecule has 290 valence electrons. The van der Waals surface area contributed by atoms with E-state index in [0.29, 0.717) is 0 Å². The monoisotopic (exact) mass is 782 g/mol. The van der Waals surface area contributed by atoms with Gasteiger partial charge >= 0.3 is 0 Å². The molecule has 0 N–H and O–H groups in total. The van der Waals surface area contributed by atoms with Crippen LogP contribution in [0.4, 0.5) is 17.1 Å². The van der Waals surface area contributed by atoms with Gasteiger partial charge in [-0.25, -0.2) is 0 Å². The lowest BCUT2D eigenvalue weighted by Gasteiger charge is -2.27. The van der Waals surface area contributed by atoms with Gasteiger partial charge in [0.25, 0.3) is 0 Å². The van der Waals surface area contributed by atoms with Gasteiger partial charge in [-0.3, -0.25) is 0 Å². The highest BCUT2D eigenvalue weighted by Crippen LogP contribution is 2.51. The predicted molar refractivity (Wildman–Crippen MR) is 256 cm³/mol. The third-order valence-electron chi connectivity index (χ3n) is 13.1. The Morgan fingerprint density at radius 2 is 1.03 bits per heavy atom. The number of hydrogen-bond donors (Lipinski definition) is 0. The van der Waals surface area contributed by atoms with Crippen LogP contribution >= 0.6 is 0 Å². The first-order valence-corrected chi connectivity index (χ1v) is 21.2. The van der Waals surface area contributed by atoms with Crippen molar-refractivity contribution in [2.75, 3.05) is 4.90 Å². The third kappa shape index (κ3) is 5.44. The fourth-order valence-electron chi connectivity index (χ4n) is 10.1. The quantitative estimate of drug-likeness (QED) is 0.168. The molecule has 0 spiro atoms. The van der Waals surface area contributed by atoms with Crippen molar-refractivity contribution in [1.82, 2.24) is 4.57 Å². The first-order chi connectivity index (χ1) is 29.9. The molecular weight excluding hydrogens is 741 g/mol. The van der Waals surface area contributed by atoms with E-state index < -0.39 is 0 Å². The maximum absolute atomic E-state index is 6.26. The molecule has 11 aromatic rings. The highest BCUT2D eigenvalue weighted by molar-refractivity contribution is 6.12. The fraction of sp³-hybridized carbons (Fsp3) is 0.0690. The number of hydrogen-bond acceptors (Lipinski definition) is 2. The second-order valence-corrected chi connectivity index (χ2v) is 17.0. The van der Waals surface area contributed by atoms with Crippen molar-refractivity contribution in [2.24, 2.45) is 0 Å². The smallest absolute Gasteiger partial charge is 0.135 e. The van der Waals surface area contributed by atoms with Crippen LogP contribution in [0.2, 0.25) is 0 Å². The number of fused-ring (bicyclic) bond motifs is 9. The van der Waals surface area contributed by atoms with Crippen molar-refractivity contribution in [1.29, 1.82) is 0 Å². The lowest BCUT2D eigenvalue weighted by atomic mass is 9.82. The fourth-order valence-corrected chi connectivity index (χ4v) is 10.1. The van der Waals surface area contributed by atoms with Crippen molar-refractivity contribution in [3.63, 3.8) is 0 Å². The number of rotatable bonds is 6. The number of aromatic nitrogens is 1. The molecule has 9 aromatic carbocycles. The van der Waals surface area contributed by atoms with Crippen molar-refractivity contribution >= 4 is 60.8 Å². The third-order valence-corrected chi connectivity index (χ3v) is 13.1. The van der Waals surface area contributed by atoms with Gasteiger partial charge in [-0.05, 0) is 112 Å². The standard InChI is InChI=1S/C58H42N2O/c1-37-14-13-20-44(40-26-33-56-50(34-40)48-19-9-12-23-55(48)61-56)57(37)60-53-22-11-8-18-46(53)47-31-29-43(36-54(47)60)59(41-27-24-39(25-28-41)38-15-5-4-6-16-38)42-30-32-52-49(35-42)45-17-7-10-21-51(45)58(52,2)3/h4-36H,1-3H3. The van der Waals surface area contributed by atoms with Crippen LogP contribution in [0.25, 0.3) is 82.8 Å². The summed E-state index contributed by atoms with van der Waals surface area (Å²) >= 11 is 0. The topological polar surface area (TPSA) is 21.3 Å². The van der Waals surface area contributed by atoms with Crippen LogP contribution in [0.3, 0.4) is 0 Å². The maximum Gasteiger partial charge on any atom is 0.135 e. The highest BCUT2D eigenvalue weighted by Gasteiger charge is 2.35. The molecule has 0 bridgehead atoms. The zero-order valence-electron chi connectivity index (χ0n) is 34.4. The van der Waals surface area contributed by atoms with E-state index in [1.165, 1.54) is 66.5 Å². The van der Waals surface area contributed by atoms with Gasteiger partial charge < -0.3 is 13.9 Å². The van der Waals surface area contributed by atoms with Gasteiger partial charge in [0.1, 0.15) is 11.2 Å². The Kier molecular flexibility index (Phi) is 7.79. The molecule has 2 aromatic heterocycles. The minimum Gasteiger partial charge on any atom is -0.456 e. The normalized spacial score (nSPS) is 13.0. The molecule has 0 radical (unpaired) electrons. The summed E-state index contributed by atoms with van der Waals surface area (Å²) in [6.07, 6.45) is 0. The summed E-state index contributed by atoms with van der Waals surface area (Å²) in [6.45, 7) is 6.93. The van der Waals surface area contributed by atoms with E-state index in [-0.39, 0.29) is 5.41 Å². The number of furan rings is 1. The molecule has 0 unspecified atom stereocenters. The Labute approximate surface area is 355 Å². The second kappa shape index (κ2) is 13.5.